The summed E-state index contributed by atoms with van der Waals surface area (Å²) >= 11 is 0. The number of aromatic amines is 1. The number of hydrogen-bond acceptors (Lipinski definition) is 3. The number of likely N-dealkylation sites (tertiary alicyclic amines) is 1. The fourth-order valence-corrected chi connectivity index (χ4v) is 5.22. The van der Waals surface area contributed by atoms with Crippen LogP contribution in [0.1, 0.15) is 35.2 Å². The molecule has 3 aromatic carbocycles. The number of fused-ring (bicyclic) bond motifs is 2. The lowest BCUT2D eigenvalue weighted by molar-refractivity contribution is -0.119. The molecule has 1 N–H and O–H groups in total. The van der Waals surface area contributed by atoms with Crippen LogP contribution in [0.3, 0.4) is 0 Å². The summed E-state index contributed by atoms with van der Waals surface area (Å²) in [6, 6.07) is 23.9. The van der Waals surface area contributed by atoms with Crippen LogP contribution in [0.5, 0.6) is 0 Å². The van der Waals surface area contributed by atoms with Crippen molar-refractivity contribution in [3.8, 4) is 11.4 Å². The Balaban J connectivity index is 1.14. The average Bonchev–Trinajstić information content (AvgIpc) is 3.33. The minimum Gasteiger partial charge on any atom is -0.338 e. The molecule has 34 heavy (non-hydrogen) atoms. The number of carbonyl (C=O) groups is 2. The first-order valence-electron chi connectivity index (χ1n) is 11.9. The van der Waals surface area contributed by atoms with Crippen molar-refractivity contribution in [2.75, 3.05) is 18.0 Å². The Bertz CT molecular complexity index is 1330. The summed E-state index contributed by atoms with van der Waals surface area (Å²) in [4.78, 5) is 37.8. The van der Waals surface area contributed by atoms with Gasteiger partial charge in [0.1, 0.15) is 5.82 Å². The van der Waals surface area contributed by atoms with Gasteiger partial charge < -0.3 is 14.8 Å². The minimum atomic E-state index is 0.0416. The molecule has 0 aliphatic carbocycles. The zero-order valence-electron chi connectivity index (χ0n) is 18.9. The second kappa shape index (κ2) is 8.45. The fraction of sp³-hybridized carbons (Fsp3) is 0.250. The lowest BCUT2D eigenvalue weighted by Crippen LogP contribution is -2.50. The van der Waals surface area contributed by atoms with Crippen LogP contribution in [0.4, 0.5) is 5.69 Å². The van der Waals surface area contributed by atoms with E-state index in [1.807, 2.05) is 76.5 Å². The summed E-state index contributed by atoms with van der Waals surface area (Å²) in [5.74, 6) is 1.04. The van der Waals surface area contributed by atoms with E-state index in [1.54, 1.807) is 0 Å². The van der Waals surface area contributed by atoms with Crippen LogP contribution in [0.2, 0.25) is 0 Å². The Kier molecular flexibility index (Phi) is 5.13. The topological polar surface area (TPSA) is 69.3 Å². The molecule has 0 atom stereocenters. The van der Waals surface area contributed by atoms with Crippen molar-refractivity contribution in [1.29, 1.82) is 0 Å². The van der Waals surface area contributed by atoms with Crippen molar-refractivity contribution in [2.45, 2.75) is 31.7 Å². The van der Waals surface area contributed by atoms with Crippen LogP contribution in [0.15, 0.2) is 72.8 Å². The summed E-state index contributed by atoms with van der Waals surface area (Å²) in [7, 11) is 0. The van der Waals surface area contributed by atoms with Crippen molar-refractivity contribution in [3.63, 3.8) is 0 Å². The molecule has 1 saturated heterocycles. The molecule has 0 saturated carbocycles. The lowest BCUT2D eigenvalue weighted by Gasteiger charge is -2.41. The van der Waals surface area contributed by atoms with Crippen LogP contribution < -0.4 is 4.90 Å². The van der Waals surface area contributed by atoms with E-state index in [1.165, 1.54) is 5.56 Å². The van der Waals surface area contributed by atoms with Crippen molar-refractivity contribution >= 4 is 28.5 Å². The number of imidazole rings is 1. The van der Waals surface area contributed by atoms with Gasteiger partial charge in [0, 0.05) is 42.4 Å². The second-order valence-electron chi connectivity index (χ2n) is 9.10. The van der Waals surface area contributed by atoms with E-state index in [9.17, 15) is 9.59 Å². The van der Waals surface area contributed by atoms with Crippen LogP contribution in [-0.2, 0) is 11.2 Å². The molecule has 6 heteroatoms. The highest BCUT2D eigenvalue weighted by Crippen LogP contribution is 2.32. The number of carbonyl (C=O) groups excluding carboxylic acids is 2. The van der Waals surface area contributed by atoms with Gasteiger partial charge in [-0.2, -0.15) is 0 Å². The highest BCUT2D eigenvalue weighted by atomic mass is 16.2. The van der Waals surface area contributed by atoms with E-state index < -0.39 is 0 Å². The van der Waals surface area contributed by atoms with E-state index in [2.05, 4.69) is 16.0 Å². The average molecular weight is 451 g/mol. The van der Waals surface area contributed by atoms with Crippen molar-refractivity contribution in [1.82, 2.24) is 14.9 Å². The monoisotopic (exact) mass is 450 g/mol. The Hall–Kier alpha value is -3.93. The predicted octanol–water partition coefficient (Wildman–Crippen LogP) is 4.81. The van der Waals surface area contributed by atoms with Crippen LogP contribution in [0.25, 0.3) is 22.4 Å². The summed E-state index contributed by atoms with van der Waals surface area (Å²) in [6.07, 6.45) is 2.96. The van der Waals surface area contributed by atoms with Crippen molar-refractivity contribution in [2.24, 2.45) is 0 Å². The third kappa shape index (κ3) is 3.65. The Morgan fingerprint density at radius 1 is 0.882 bits per heavy atom. The van der Waals surface area contributed by atoms with Crippen LogP contribution in [-0.4, -0.2) is 45.8 Å². The first kappa shape index (κ1) is 20.7. The number of hydrogen-bond donors (Lipinski definition) is 1. The standard InChI is InChI=1S/C28H26N4O2/c33-26-14-13-19-5-1-4-8-25(19)32(26)22-15-17-31(18-16-22)28(34)21-11-9-20(10-12-21)27-29-23-6-2-3-7-24(23)30-27/h1-12,22H,13-18H2,(H,29,30). The highest BCUT2D eigenvalue weighted by Gasteiger charge is 2.33. The molecule has 0 radical (unpaired) electrons. The molecule has 2 amide bonds. The number of para-hydroxylation sites is 3. The van der Waals surface area contributed by atoms with Gasteiger partial charge in [0.05, 0.1) is 11.0 Å². The molecule has 4 aromatic rings. The number of piperidine rings is 1. The molecule has 3 heterocycles. The summed E-state index contributed by atoms with van der Waals surface area (Å²) in [5, 5.41) is 0. The molecule has 2 aliphatic heterocycles. The first-order valence-corrected chi connectivity index (χ1v) is 11.9. The third-order valence-electron chi connectivity index (χ3n) is 7.04. The number of aryl methyl sites for hydroxylation is 1. The van der Waals surface area contributed by atoms with Crippen molar-refractivity contribution < 1.29 is 9.59 Å². The smallest absolute Gasteiger partial charge is 0.253 e. The summed E-state index contributed by atoms with van der Waals surface area (Å²) in [6.45, 7) is 1.31. The predicted molar refractivity (Wildman–Crippen MR) is 133 cm³/mol. The first-order chi connectivity index (χ1) is 16.7. The number of rotatable bonds is 3. The molecule has 170 valence electrons. The van der Waals surface area contributed by atoms with Gasteiger partial charge in [-0.25, -0.2) is 4.98 Å². The number of nitrogens with one attached hydrogen (secondary N) is 1. The normalized spacial score (nSPS) is 16.6. The van der Waals surface area contributed by atoms with Gasteiger partial charge in [-0.3, -0.25) is 9.59 Å². The van der Waals surface area contributed by atoms with E-state index in [0.29, 0.717) is 25.1 Å². The van der Waals surface area contributed by atoms with Gasteiger partial charge >= 0.3 is 0 Å². The van der Waals surface area contributed by atoms with E-state index in [0.717, 1.165) is 47.4 Å². The largest absolute Gasteiger partial charge is 0.338 e. The second-order valence-corrected chi connectivity index (χ2v) is 9.10. The molecule has 0 spiro atoms. The van der Waals surface area contributed by atoms with Gasteiger partial charge in [-0.05, 0) is 55.2 Å². The van der Waals surface area contributed by atoms with Crippen molar-refractivity contribution in [3.05, 3.63) is 83.9 Å². The van der Waals surface area contributed by atoms with Gasteiger partial charge in [0.25, 0.3) is 5.91 Å². The number of amides is 2. The van der Waals surface area contributed by atoms with E-state index in [4.69, 9.17) is 0 Å². The molecule has 2 aliphatic rings. The SMILES string of the molecule is O=C(c1ccc(-c2nc3ccccc3[nH]2)cc1)N1CCC(N2C(=O)CCc3ccccc32)CC1. The van der Waals surface area contributed by atoms with Crippen LogP contribution in [0, 0.1) is 0 Å². The Morgan fingerprint density at radius 2 is 1.62 bits per heavy atom. The van der Waals surface area contributed by atoms with Gasteiger partial charge in [-0.15, -0.1) is 0 Å². The van der Waals surface area contributed by atoms with Gasteiger partial charge in [0.2, 0.25) is 5.91 Å². The molecule has 6 rings (SSSR count). The maximum Gasteiger partial charge on any atom is 0.253 e. The maximum atomic E-state index is 13.2. The molecule has 0 unspecified atom stereocenters. The van der Waals surface area contributed by atoms with Gasteiger partial charge in [0.15, 0.2) is 0 Å². The number of aromatic nitrogens is 2. The number of benzene rings is 3. The third-order valence-corrected chi connectivity index (χ3v) is 7.04. The Labute approximate surface area is 198 Å². The Morgan fingerprint density at radius 3 is 2.41 bits per heavy atom. The molecule has 0 bridgehead atoms. The summed E-state index contributed by atoms with van der Waals surface area (Å²) < 4.78 is 0. The zero-order valence-corrected chi connectivity index (χ0v) is 18.9. The highest BCUT2D eigenvalue weighted by molar-refractivity contribution is 5.97. The van der Waals surface area contributed by atoms with E-state index >= 15 is 0 Å². The van der Waals surface area contributed by atoms with Crippen LogP contribution >= 0.6 is 0 Å². The molecular weight excluding hydrogens is 424 g/mol. The number of anilines is 1. The number of H-pyrrole nitrogens is 1. The fourth-order valence-electron chi connectivity index (χ4n) is 5.22. The summed E-state index contributed by atoms with van der Waals surface area (Å²) in [5.41, 5.74) is 5.84. The molecule has 1 fully saturated rings. The lowest BCUT2D eigenvalue weighted by atomic mass is 9.95. The maximum absolute atomic E-state index is 13.2. The zero-order chi connectivity index (χ0) is 23.1. The quantitative estimate of drug-likeness (QED) is 0.487. The van der Waals surface area contributed by atoms with E-state index in [-0.39, 0.29) is 17.9 Å². The minimum absolute atomic E-state index is 0.0416. The molecule has 1 aromatic heterocycles. The number of nitrogens with zero attached hydrogens (tertiary/aromatic N) is 3. The molecular formula is C28H26N4O2. The molecule has 6 nitrogen and oxygen atoms in total. The van der Waals surface area contributed by atoms with Gasteiger partial charge in [-0.1, -0.05) is 42.5 Å².